The largest absolute Gasteiger partial charge is 0.354 e. The van der Waals surface area contributed by atoms with Crippen molar-refractivity contribution in [2.75, 3.05) is 0 Å². The molecule has 0 amide bonds. The second-order valence-electron chi connectivity index (χ2n) is 15.5. The maximum atomic E-state index is 5.10. The molecule has 0 atom stereocenters. The number of aromatic amines is 2. The predicted molar refractivity (Wildman–Crippen MR) is 215 cm³/mol. The second-order valence-corrected chi connectivity index (χ2v) is 26.7. The summed E-state index contributed by atoms with van der Waals surface area (Å²) in [5.74, 6) is 7.45. The van der Waals surface area contributed by atoms with E-state index in [-0.39, 0.29) is 0 Å². The number of nitrogens with one attached hydrogen (secondary N) is 2. The lowest BCUT2D eigenvalue weighted by Crippen LogP contribution is -2.43. The van der Waals surface area contributed by atoms with E-state index in [1.165, 1.54) is 0 Å². The fraction of sp³-hybridized carbons (Fsp3) is 0.429. The third kappa shape index (κ3) is 6.58. The summed E-state index contributed by atoms with van der Waals surface area (Å²) in [5, 5.41) is 0. The molecular formula is C42H54N4Si2. The van der Waals surface area contributed by atoms with Gasteiger partial charge < -0.3 is 9.97 Å². The quantitative estimate of drug-likeness (QED) is 0.139. The molecule has 0 unspecified atom stereocenters. The fourth-order valence-electron chi connectivity index (χ4n) is 8.54. The maximum Gasteiger partial charge on any atom is 0.146 e. The molecule has 0 fully saturated rings. The molecule has 2 aliphatic heterocycles. The van der Waals surface area contributed by atoms with Gasteiger partial charge in [0.05, 0.1) is 44.9 Å². The van der Waals surface area contributed by atoms with Crippen LogP contribution in [-0.2, 0) is 0 Å². The van der Waals surface area contributed by atoms with Gasteiger partial charge in [0.1, 0.15) is 16.1 Å². The average Bonchev–Trinajstić information content (AvgIpc) is 3.82. The molecule has 0 saturated heterocycles. The summed E-state index contributed by atoms with van der Waals surface area (Å²) >= 11 is 0. The lowest BCUT2D eigenvalue weighted by Gasteiger charge is -2.38. The van der Waals surface area contributed by atoms with Crippen LogP contribution in [0, 0.1) is 22.9 Å². The summed E-state index contributed by atoms with van der Waals surface area (Å²) in [4.78, 5) is 17.5. The molecule has 5 heterocycles. The smallest absolute Gasteiger partial charge is 0.146 e. The predicted octanol–water partition coefficient (Wildman–Crippen LogP) is 11.8. The van der Waals surface area contributed by atoms with Gasteiger partial charge in [-0.15, -0.1) is 11.1 Å². The molecule has 2 N–H and O–H groups in total. The van der Waals surface area contributed by atoms with Crippen LogP contribution in [0.1, 0.15) is 117 Å². The van der Waals surface area contributed by atoms with Crippen LogP contribution in [0.2, 0.25) is 33.2 Å². The van der Waals surface area contributed by atoms with E-state index < -0.39 is 16.1 Å². The van der Waals surface area contributed by atoms with E-state index in [1.54, 1.807) is 0 Å². The molecule has 0 aliphatic carbocycles. The molecule has 48 heavy (non-hydrogen) atoms. The van der Waals surface area contributed by atoms with Crippen molar-refractivity contribution in [3.63, 3.8) is 0 Å². The first kappa shape index (κ1) is 35.5. The Kier molecular flexibility index (Phi) is 10.3. The zero-order chi connectivity index (χ0) is 35.0. The highest BCUT2D eigenvalue weighted by Crippen LogP contribution is 2.42. The molecule has 5 rings (SSSR count). The molecule has 2 aliphatic rings. The van der Waals surface area contributed by atoms with Crippen molar-refractivity contribution in [1.29, 1.82) is 0 Å². The van der Waals surface area contributed by atoms with Gasteiger partial charge in [-0.25, -0.2) is 9.97 Å². The Balaban J connectivity index is 1.81. The Labute approximate surface area is 291 Å². The lowest BCUT2D eigenvalue weighted by atomic mass is 10.2. The van der Waals surface area contributed by atoms with Gasteiger partial charge in [0, 0.05) is 11.0 Å². The van der Waals surface area contributed by atoms with E-state index >= 15 is 0 Å². The number of fused-ring (bicyclic) bond motifs is 8. The van der Waals surface area contributed by atoms with Crippen LogP contribution in [0.25, 0.3) is 46.4 Å². The minimum Gasteiger partial charge on any atom is -0.354 e. The summed E-state index contributed by atoms with van der Waals surface area (Å²) in [6, 6.07) is 12.8. The molecule has 0 spiro atoms. The van der Waals surface area contributed by atoms with Crippen LogP contribution in [-0.4, -0.2) is 36.1 Å². The number of rotatable bonds is 6. The van der Waals surface area contributed by atoms with Gasteiger partial charge in [0.25, 0.3) is 0 Å². The van der Waals surface area contributed by atoms with Crippen LogP contribution in [0.5, 0.6) is 0 Å². The van der Waals surface area contributed by atoms with Gasteiger partial charge in [-0.2, -0.15) is 0 Å². The SMILES string of the molecule is CC(C)[Si](C#Cc1c2nc(cc3ccc([nH]3)c(C#C[Si](C(C)C)(C(C)C)C(C)C)c3ccc(cc4nc1C=C4)[nH]3)C=C2)(C(C)C)C(C)C. The summed E-state index contributed by atoms with van der Waals surface area (Å²) in [6.45, 7) is 28.3. The van der Waals surface area contributed by atoms with Gasteiger partial charge in [0.15, 0.2) is 0 Å². The van der Waals surface area contributed by atoms with Gasteiger partial charge >= 0.3 is 0 Å². The third-order valence-electron chi connectivity index (χ3n) is 10.9. The molecule has 8 bridgehead atoms. The number of hydrogen-bond donors (Lipinski definition) is 2. The third-order valence-corrected chi connectivity index (χ3v) is 23.5. The highest BCUT2D eigenvalue weighted by molar-refractivity contribution is 6.91. The Morgan fingerprint density at radius 3 is 1.19 bits per heavy atom. The molecule has 0 saturated carbocycles. The Hall–Kier alpha value is -3.85. The van der Waals surface area contributed by atoms with E-state index in [4.69, 9.17) is 9.97 Å². The van der Waals surface area contributed by atoms with Crippen molar-refractivity contribution in [3.8, 4) is 22.9 Å². The highest BCUT2D eigenvalue weighted by Gasteiger charge is 2.42. The topological polar surface area (TPSA) is 57.4 Å². The normalized spacial score (nSPS) is 13.2. The Morgan fingerprint density at radius 2 is 0.833 bits per heavy atom. The summed E-state index contributed by atoms with van der Waals surface area (Å²) in [6.07, 6.45) is 8.34. The van der Waals surface area contributed by atoms with Crippen LogP contribution in [0.4, 0.5) is 0 Å². The van der Waals surface area contributed by atoms with Crippen molar-refractivity contribution < 1.29 is 0 Å². The first-order valence-electron chi connectivity index (χ1n) is 17.9. The zero-order valence-electron chi connectivity index (χ0n) is 31.1. The number of aromatic nitrogens is 4. The Morgan fingerprint density at radius 1 is 0.479 bits per heavy atom. The van der Waals surface area contributed by atoms with E-state index in [1.807, 2.05) is 0 Å². The molecule has 0 aromatic carbocycles. The first-order valence-corrected chi connectivity index (χ1v) is 22.3. The van der Waals surface area contributed by atoms with Crippen molar-refractivity contribution in [2.45, 2.75) is 116 Å². The number of hydrogen-bond acceptors (Lipinski definition) is 2. The van der Waals surface area contributed by atoms with Gasteiger partial charge in [-0.3, -0.25) is 0 Å². The van der Waals surface area contributed by atoms with Crippen molar-refractivity contribution in [1.82, 2.24) is 19.9 Å². The van der Waals surface area contributed by atoms with E-state index in [2.05, 4.69) is 177 Å². The summed E-state index contributed by atoms with van der Waals surface area (Å²) < 4.78 is 0. The first-order chi connectivity index (χ1) is 22.7. The Bertz CT molecular complexity index is 1890. The average molecular weight is 671 g/mol. The molecule has 6 heteroatoms. The monoisotopic (exact) mass is 670 g/mol. The molecular weight excluding hydrogens is 617 g/mol. The van der Waals surface area contributed by atoms with Crippen molar-refractivity contribution >= 4 is 62.5 Å². The molecule has 3 aromatic heterocycles. The van der Waals surface area contributed by atoms with E-state index in [9.17, 15) is 0 Å². The fourth-order valence-corrected chi connectivity index (χ4v) is 19.0. The van der Waals surface area contributed by atoms with E-state index in [0.29, 0.717) is 33.2 Å². The highest BCUT2D eigenvalue weighted by atomic mass is 28.3. The van der Waals surface area contributed by atoms with Crippen molar-refractivity contribution in [3.05, 3.63) is 70.3 Å². The minimum atomic E-state index is -1.97. The van der Waals surface area contributed by atoms with Crippen LogP contribution in [0.3, 0.4) is 0 Å². The second kappa shape index (κ2) is 13.9. The van der Waals surface area contributed by atoms with E-state index in [0.717, 1.165) is 56.0 Å². The summed E-state index contributed by atoms with van der Waals surface area (Å²) in [7, 11) is -3.91. The molecule has 3 aromatic rings. The number of nitrogens with zero attached hydrogens (tertiary/aromatic N) is 2. The van der Waals surface area contributed by atoms with Crippen LogP contribution < -0.4 is 0 Å². The van der Waals surface area contributed by atoms with Gasteiger partial charge in [-0.05, 0) is 93.9 Å². The molecule has 4 nitrogen and oxygen atoms in total. The number of H-pyrrole nitrogens is 2. The maximum absolute atomic E-state index is 5.10. The minimum absolute atomic E-state index is 0.542. The molecule has 0 radical (unpaired) electrons. The lowest BCUT2D eigenvalue weighted by molar-refractivity contribution is 0.838. The summed E-state index contributed by atoms with van der Waals surface area (Å²) in [5.41, 5.74) is 20.6. The van der Waals surface area contributed by atoms with Crippen LogP contribution >= 0.6 is 0 Å². The van der Waals surface area contributed by atoms with Crippen molar-refractivity contribution in [2.24, 2.45) is 0 Å². The van der Waals surface area contributed by atoms with Gasteiger partial charge in [0.2, 0.25) is 0 Å². The van der Waals surface area contributed by atoms with Gasteiger partial charge in [-0.1, -0.05) is 94.9 Å². The molecule has 250 valence electrons. The van der Waals surface area contributed by atoms with Crippen LogP contribution in [0.15, 0.2) is 36.4 Å². The standard InChI is InChI=1S/C42H54N4Si2/c1-27(2)47(28(3)4,29(5)6)23-21-37-39-17-13-33(43-39)25-35-15-19-41(45-35)38(22-24-48(30(7)8,31(9)10)32(11)12)42-20-16-36(46-42)26-34-14-18-40(37)44-34/h13-20,25-32,43-44H,1-12H3. The zero-order valence-corrected chi connectivity index (χ0v) is 33.1.